The molecule has 20 heavy (non-hydrogen) atoms. The second-order valence-corrected chi connectivity index (χ2v) is 7.09. The first kappa shape index (κ1) is 13.9. The molecule has 3 fully saturated rings. The van der Waals surface area contributed by atoms with E-state index in [1.165, 1.54) is 0 Å². The van der Waals surface area contributed by atoms with Gasteiger partial charge in [0.15, 0.2) is 0 Å². The molecule has 0 aromatic rings. The molecule has 3 aliphatic rings. The predicted octanol–water partition coefficient (Wildman–Crippen LogP) is 2.70. The second-order valence-electron chi connectivity index (χ2n) is 7.09. The molecule has 0 radical (unpaired) electrons. The molecule has 1 N–H and O–H groups in total. The Balaban J connectivity index is 1.89. The van der Waals surface area contributed by atoms with Crippen molar-refractivity contribution >= 4 is 5.97 Å². The number of allylic oxidation sites excluding steroid dienone is 1. The van der Waals surface area contributed by atoms with Crippen LogP contribution >= 0.6 is 0 Å². The zero-order chi connectivity index (χ0) is 14.7. The number of aliphatic hydroxyl groups excluding tert-OH is 1. The van der Waals surface area contributed by atoms with Crippen LogP contribution in [0.5, 0.6) is 0 Å². The van der Waals surface area contributed by atoms with Gasteiger partial charge < -0.3 is 9.84 Å². The number of carbonyl (C=O) groups excluding carboxylic acids is 1. The minimum atomic E-state index is -0.516. The van der Waals surface area contributed by atoms with Crippen molar-refractivity contribution in [2.24, 2.45) is 29.1 Å². The number of fused-ring (bicyclic) bond motifs is 3. The van der Waals surface area contributed by atoms with Crippen LogP contribution in [0.3, 0.4) is 0 Å². The van der Waals surface area contributed by atoms with Gasteiger partial charge in [0, 0.05) is 11.3 Å². The van der Waals surface area contributed by atoms with Gasteiger partial charge in [-0.2, -0.15) is 0 Å². The van der Waals surface area contributed by atoms with Gasteiger partial charge in [0.2, 0.25) is 0 Å². The Morgan fingerprint density at radius 1 is 1.65 bits per heavy atom. The molecule has 0 bridgehead atoms. The topological polar surface area (TPSA) is 46.5 Å². The first-order valence-corrected chi connectivity index (χ1v) is 7.56. The Hall–Kier alpha value is -1.09. The lowest BCUT2D eigenvalue weighted by Gasteiger charge is -2.29. The van der Waals surface area contributed by atoms with Gasteiger partial charge in [0.25, 0.3) is 0 Å². The fourth-order valence-corrected chi connectivity index (χ4v) is 4.66. The number of aliphatic hydroxyl groups is 1. The molecule has 2 saturated carbocycles. The van der Waals surface area contributed by atoms with Crippen LogP contribution in [-0.2, 0) is 9.53 Å². The van der Waals surface area contributed by atoms with Gasteiger partial charge in [-0.05, 0) is 38.0 Å². The summed E-state index contributed by atoms with van der Waals surface area (Å²) >= 11 is 0. The average molecular weight is 276 g/mol. The van der Waals surface area contributed by atoms with Crippen molar-refractivity contribution in [3.8, 4) is 0 Å². The normalized spacial score (nSPS) is 46.4. The summed E-state index contributed by atoms with van der Waals surface area (Å²) in [5.41, 5.74) is 0.886. The molecule has 7 atom stereocenters. The molecule has 3 rings (SSSR count). The third-order valence-corrected chi connectivity index (χ3v) is 5.82. The number of hydrogen-bond donors (Lipinski definition) is 1. The van der Waals surface area contributed by atoms with Crippen LogP contribution in [0.15, 0.2) is 24.8 Å². The summed E-state index contributed by atoms with van der Waals surface area (Å²) in [5, 5.41) is 10.5. The standard InChI is InChI=1S/C17H24O3/c1-5-6-7-10-12-13(14(18)9(2)3)11-8-17(11,4)15(12)20-16(10)19/h5,10-15,18H,1-2,6-8H2,3-4H3/t10-,11-,12-,13+,14-,15-,17-/m0/s1. The summed E-state index contributed by atoms with van der Waals surface area (Å²) in [6, 6.07) is 0. The molecule has 1 heterocycles. The maximum Gasteiger partial charge on any atom is 0.309 e. The summed E-state index contributed by atoms with van der Waals surface area (Å²) in [6.07, 6.45) is 3.99. The van der Waals surface area contributed by atoms with E-state index in [9.17, 15) is 9.90 Å². The van der Waals surface area contributed by atoms with Crippen molar-refractivity contribution in [1.29, 1.82) is 0 Å². The molecule has 0 aromatic carbocycles. The van der Waals surface area contributed by atoms with Gasteiger partial charge in [-0.25, -0.2) is 0 Å². The number of esters is 1. The zero-order valence-corrected chi connectivity index (χ0v) is 12.3. The summed E-state index contributed by atoms with van der Waals surface area (Å²) < 4.78 is 5.70. The lowest BCUT2D eigenvalue weighted by Crippen LogP contribution is -2.34. The monoisotopic (exact) mass is 276 g/mol. The maximum atomic E-state index is 12.2. The van der Waals surface area contributed by atoms with Gasteiger partial charge in [-0.3, -0.25) is 4.79 Å². The molecule has 0 spiro atoms. The number of ether oxygens (including phenoxy) is 1. The fourth-order valence-electron chi connectivity index (χ4n) is 4.66. The zero-order valence-electron chi connectivity index (χ0n) is 12.3. The molecule has 0 amide bonds. The van der Waals surface area contributed by atoms with Crippen LogP contribution in [0, 0.1) is 29.1 Å². The van der Waals surface area contributed by atoms with E-state index < -0.39 is 6.10 Å². The number of rotatable bonds is 5. The summed E-state index contributed by atoms with van der Waals surface area (Å²) in [7, 11) is 0. The van der Waals surface area contributed by atoms with Crippen LogP contribution in [0.25, 0.3) is 0 Å². The Bertz CT molecular complexity index is 469. The Kier molecular flexibility index (Phi) is 3.09. The van der Waals surface area contributed by atoms with Gasteiger partial charge in [-0.15, -0.1) is 6.58 Å². The molecular weight excluding hydrogens is 252 g/mol. The molecule has 1 aliphatic heterocycles. The van der Waals surface area contributed by atoms with E-state index in [1.54, 1.807) is 0 Å². The SMILES string of the molecule is C=CCC[C@@H]1C(=O)O[C@H]2[C@@H]1[C@H]([C@@H](O)C(=C)C)[C@@H]1C[C@@]12C. The van der Waals surface area contributed by atoms with Gasteiger partial charge in [-0.1, -0.05) is 25.2 Å². The van der Waals surface area contributed by atoms with Crippen molar-refractivity contribution < 1.29 is 14.6 Å². The van der Waals surface area contributed by atoms with Crippen LogP contribution in [0.2, 0.25) is 0 Å². The predicted molar refractivity (Wildman–Crippen MR) is 76.8 cm³/mol. The van der Waals surface area contributed by atoms with Crippen molar-refractivity contribution in [1.82, 2.24) is 0 Å². The van der Waals surface area contributed by atoms with E-state index in [0.717, 1.165) is 24.8 Å². The first-order valence-electron chi connectivity index (χ1n) is 7.56. The third-order valence-electron chi connectivity index (χ3n) is 5.82. The van der Waals surface area contributed by atoms with Crippen molar-refractivity contribution in [2.45, 2.75) is 45.3 Å². The lowest BCUT2D eigenvalue weighted by atomic mass is 9.75. The molecular formula is C17H24O3. The number of hydrogen-bond acceptors (Lipinski definition) is 3. The van der Waals surface area contributed by atoms with Crippen molar-refractivity contribution in [3.63, 3.8) is 0 Å². The lowest BCUT2D eigenvalue weighted by molar-refractivity contribution is -0.146. The van der Waals surface area contributed by atoms with Crippen LogP contribution in [0.4, 0.5) is 0 Å². The van der Waals surface area contributed by atoms with Crippen LogP contribution < -0.4 is 0 Å². The minimum absolute atomic E-state index is 0.00573. The summed E-state index contributed by atoms with van der Waals surface area (Å²) in [4.78, 5) is 12.2. The quantitative estimate of drug-likeness (QED) is 0.620. The van der Waals surface area contributed by atoms with Crippen LogP contribution in [0.1, 0.15) is 33.1 Å². The van der Waals surface area contributed by atoms with E-state index in [1.807, 2.05) is 13.0 Å². The maximum absolute atomic E-state index is 12.2. The van der Waals surface area contributed by atoms with Crippen LogP contribution in [-0.4, -0.2) is 23.3 Å². The van der Waals surface area contributed by atoms with Gasteiger partial charge in [0.05, 0.1) is 12.0 Å². The molecule has 0 aromatic heterocycles. The molecule has 0 unspecified atom stereocenters. The molecule has 1 saturated heterocycles. The van der Waals surface area contributed by atoms with Gasteiger partial charge in [0.1, 0.15) is 6.10 Å². The van der Waals surface area contributed by atoms with E-state index in [4.69, 9.17) is 4.74 Å². The summed E-state index contributed by atoms with van der Waals surface area (Å²) in [5.74, 6) is 0.596. The van der Waals surface area contributed by atoms with E-state index >= 15 is 0 Å². The van der Waals surface area contributed by atoms with E-state index in [2.05, 4.69) is 20.1 Å². The highest BCUT2D eigenvalue weighted by atomic mass is 16.6. The molecule has 3 nitrogen and oxygen atoms in total. The average Bonchev–Trinajstić information content (AvgIpc) is 2.86. The highest BCUT2D eigenvalue weighted by Crippen LogP contribution is 2.72. The largest absolute Gasteiger partial charge is 0.461 e. The van der Waals surface area contributed by atoms with Crippen molar-refractivity contribution in [3.05, 3.63) is 24.8 Å². The van der Waals surface area contributed by atoms with E-state index in [-0.39, 0.29) is 35.2 Å². The Labute approximate surface area is 120 Å². The number of carbonyl (C=O) groups is 1. The fraction of sp³-hybridized carbons (Fsp3) is 0.706. The van der Waals surface area contributed by atoms with E-state index in [0.29, 0.717) is 5.92 Å². The minimum Gasteiger partial charge on any atom is -0.461 e. The smallest absolute Gasteiger partial charge is 0.309 e. The Morgan fingerprint density at radius 3 is 2.95 bits per heavy atom. The highest BCUT2D eigenvalue weighted by Gasteiger charge is 2.74. The highest BCUT2D eigenvalue weighted by molar-refractivity contribution is 5.76. The molecule has 3 heteroatoms. The van der Waals surface area contributed by atoms with Crippen molar-refractivity contribution in [2.75, 3.05) is 0 Å². The second kappa shape index (κ2) is 4.45. The Morgan fingerprint density at radius 2 is 2.35 bits per heavy atom. The molecule has 110 valence electrons. The third kappa shape index (κ3) is 1.72. The molecule has 2 aliphatic carbocycles. The summed E-state index contributed by atoms with van der Waals surface area (Å²) in [6.45, 7) is 11.7. The first-order chi connectivity index (χ1) is 9.41. The van der Waals surface area contributed by atoms with Gasteiger partial charge >= 0.3 is 5.97 Å².